The highest BCUT2D eigenvalue weighted by atomic mass is 32.1. The smallest absolute Gasteiger partial charge is 0.111 e. The lowest BCUT2D eigenvalue weighted by atomic mass is 10.0. The van der Waals surface area contributed by atoms with Crippen molar-refractivity contribution >= 4 is 22.8 Å². The molecule has 0 amide bonds. The molecule has 124 valence electrons. The van der Waals surface area contributed by atoms with Crippen molar-refractivity contribution in [1.29, 1.82) is 0 Å². The van der Waals surface area contributed by atoms with E-state index in [0.717, 1.165) is 63.2 Å². The molecule has 3 rings (SSSR count). The van der Waals surface area contributed by atoms with Gasteiger partial charge in [-0.1, -0.05) is 36.5 Å². The third kappa shape index (κ3) is 4.10. The Kier molecular flexibility index (Phi) is 5.65. The first-order valence-electron chi connectivity index (χ1n) is 8.22. The Morgan fingerprint density at radius 3 is 2.26 bits per heavy atom. The van der Waals surface area contributed by atoms with Gasteiger partial charge in [-0.3, -0.25) is 0 Å². The van der Waals surface area contributed by atoms with Crippen LogP contribution in [0.3, 0.4) is 0 Å². The van der Waals surface area contributed by atoms with Crippen LogP contribution < -0.4 is 0 Å². The minimum Gasteiger partial charge on any atom is -0.378 e. The predicted octanol–water partition coefficient (Wildman–Crippen LogP) is 2.33. The molecule has 2 aliphatic rings. The van der Waals surface area contributed by atoms with E-state index < -0.39 is 0 Å². The molecule has 2 aliphatic heterocycles. The van der Waals surface area contributed by atoms with Gasteiger partial charge in [0.05, 0.1) is 26.4 Å². The summed E-state index contributed by atoms with van der Waals surface area (Å²) in [5, 5.41) is 0. The molecule has 0 N–H and O–H groups in total. The van der Waals surface area contributed by atoms with Gasteiger partial charge in [0.1, 0.15) is 4.99 Å². The van der Waals surface area contributed by atoms with E-state index >= 15 is 0 Å². The maximum absolute atomic E-state index is 5.85. The molecule has 5 heteroatoms. The molecular formula is C18H24N2O2S. The first kappa shape index (κ1) is 16.4. The zero-order chi connectivity index (χ0) is 16.1. The van der Waals surface area contributed by atoms with Crippen LogP contribution in [0.2, 0.25) is 0 Å². The predicted molar refractivity (Wildman–Crippen MR) is 96.5 cm³/mol. The highest BCUT2D eigenvalue weighted by Gasteiger charge is 2.20. The molecule has 0 atom stereocenters. The van der Waals surface area contributed by atoms with Crippen molar-refractivity contribution in [2.45, 2.75) is 6.92 Å². The molecule has 0 bridgehead atoms. The van der Waals surface area contributed by atoms with Gasteiger partial charge in [-0.15, -0.1) is 0 Å². The molecule has 0 spiro atoms. The van der Waals surface area contributed by atoms with E-state index in [-0.39, 0.29) is 0 Å². The minimum atomic E-state index is 0.749. The standard InChI is InChI=1S/C18H24N2O2S/c1-15-4-2-3-5-16(15)17(14-19-6-10-21-11-7-19)18(23)20-8-12-22-13-9-20/h2-5,14H,6-13H2,1H3/b17-14+. The summed E-state index contributed by atoms with van der Waals surface area (Å²) in [6, 6.07) is 8.46. The fraction of sp³-hybridized carbons (Fsp3) is 0.500. The van der Waals surface area contributed by atoms with Crippen molar-refractivity contribution in [2.24, 2.45) is 0 Å². The number of morpholine rings is 2. The number of thiocarbonyl (C=S) groups is 1. The minimum absolute atomic E-state index is 0.749. The van der Waals surface area contributed by atoms with Crippen LogP contribution in [0, 0.1) is 6.92 Å². The first-order chi connectivity index (χ1) is 11.3. The van der Waals surface area contributed by atoms with Gasteiger partial charge in [0, 0.05) is 38.0 Å². The number of benzene rings is 1. The molecule has 4 nitrogen and oxygen atoms in total. The highest BCUT2D eigenvalue weighted by Crippen LogP contribution is 2.24. The molecule has 0 aliphatic carbocycles. The van der Waals surface area contributed by atoms with Crippen molar-refractivity contribution in [3.63, 3.8) is 0 Å². The van der Waals surface area contributed by atoms with Gasteiger partial charge >= 0.3 is 0 Å². The number of hydrogen-bond acceptors (Lipinski definition) is 4. The van der Waals surface area contributed by atoms with Crippen molar-refractivity contribution in [3.8, 4) is 0 Å². The second kappa shape index (κ2) is 7.90. The highest BCUT2D eigenvalue weighted by molar-refractivity contribution is 7.81. The Morgan fingerprint density at radius 2 is 1.61 bits per heavy atom. The second-order valence-electron chi connectivity index (χ2n) is 5.91. The topological polar surface area (TPSA) is 24.9 Å². The summed E-state index contributed by atoms with van der Waals surface area (Å²) in [7, 11) is 0. The van der Waals surface area contributed by atoms with E-state index in [2.05, 4.69) is 47.2 Å². The third-order valence-electron chi connectivity index (χ3n) is 4.32. The molecule has 1 aromatic rings. The van der Waals surface area contributed by atoms with Crippen molar-refractivity contribution in [3.05, 3.63) is 41.6 Å². The zero-order valence-electron chi connectivity index (χ0n) is 13.7. The summed E-state index contributed by atoms with van der Waals surface area (Å²) in [6.07, 6.45) is 2.22. The number of ether oxygens (including phenoxy) is 2. The summed E-state index contributed by atoms with van der Waals surface area (Å²) in [6.45, 7) is 8.77. The summed E-state index contributed by atoms with van der Waals surface area (Å²) < 4.78 is 10.9. The number of hydrogen-bond donors (Lipinski definition) is 0. The van der Waals surface area contributed by atoms with Gasteiger partial charge in [0.25, 0.3) is 0 Å². The van der Waals surface area contributed by atoms with Crippen LogP contribution in [-0.4, -0.2) is 67.4 Å². The zero-order valence-corrected chi connectivity index (χ0v) is 14.5. The van der Waals surface area contributed by atoms with E-state index in [1.165, 1.54) is 11.1 Å². The lowest BCUT2D eigenvalue weighted by Crippen LogP contribution is -2.41. The third-order valence-corrected chi connectivity index (χ3v) is 4.80. The molecule has 0 aromatic heterocycles. The normalized spacial score (nSPS) is 19.8. The average Bonchev–Trinajstić information content (AvgIpc) is 2.61. The lowest BCUT2D eigenvalue weighted by molar-refractivity contribution is 0.0595. The molecule has 2 saturated heterocycles. The first-order valence-corrected chi connectivity index (χ1v) is 8.63. The number of nitrogens with zero attached hydrogens (tertiary/aromatic N) is 2. The van der Waals surface area contributed by atoms with E-state index in [1.54, 1.807) is 0 Å². The number of rotatable bonds is 3. The van der Waals surface area contributed by atoms with Crippen LogP contribution in [-0.2, 0) is 9.47 Å². The Morgan fingerprint density at radius 1 is 1.00 bits per heavy atom. The van der Waals surface area contributed by atoms with Gasteiger partial charge in [0.15, 0.2) is 0 Å². The molecule has 0 radical (unpaired) electrons. The summed E-state index contributed by atoms with van der Waals surface area (Å²) in [4.78, 5) is 5.50. The van der Waals surface area contributed by atoms with Crippen LogP contribution >= 0.6 is 12.2 Å². The Balaban J connectivity index is 1.90. The molecule has 1 aromatic carbocycles. The molecule has 0 unspecified atom stereocenters. The van der Waals surface area contributed by atoms with Crippen LogP contribution in [0.5, 0.6) is 0 Å². The lowest BCUT2D eigenvalue weighted by Gasteiger charge is -2.32. The van der Waals surface area contributed by atoms with Crippen LogP contribution in [0.15, 0.2) is 30.5 Å². The van der Waals surface area contributed by atoms with E-state index in [1.807, 2.05) is 0 Å². The Labute approximate surface area is 143 Å². The molecule has 23 heavy (non-hydrogen) atoms. The van der Waals surface area contributed by atoms with Crippen molar-refractivity contribution in [2.75, 3.05) is 52.6 Å². The Bertz CT molecular complexity index is 576. The molecule has 2 heterocycles. The fourth-order valence-corrected chi connectivity index (χ4v) is 3.29. The van der Waals surface area contributed by atoms with Gasteiger partial charge < -0.3 is 19.3 Å². The fourth-order valence-electron chi connectivity index (χ4n) is 2.94. The van der Waals surface area contributed by atoms with Crippen molar-refractivity contribution < 1.29 is 9.47 Å². The van der Waals surface area contributed by atoms with Crippen LogP contribution in [0.1, 0.15) is 11.1 Å². The number of aryl methyl sites for hydroxylation is 1. The molecular weight excluding hydrogens is 308 g/mol. The van der Waals surface area contributed by atoms with Crippen molar-refractivity contribution in [1.82, 2.24) is 9.80 Å². The Hall–Kier alpha value is -1.43. The quantitative estimate of drug-likeness (QED) is 0.625. The average molecular weight is 332 g/mol. The van der Waals surface area contributed by atoms with Crippen LogP contribution in [0.4, 0.5) is 0 Å². The SMILES string of the molecule is Cc1ccccc1/C(=C\N1CCOCC1)C(=S)N1CCOCC1. The largest absolute Gasteiger partial charge is 0.378 e. The van der Waals surface area contributed by atoms with Gasteiger partial charge in [-0.2, -0.15) is 0 Å². The molecule has 0 saturated carbocycles. The maximum atomic E-state index is 5.85. The van der Waals surface area contributed by atoms with Gasteiger partial charge in [-0.05, 0) is 18.1 Å². The summed E-state index contributed by atoms with van der Waals surface area (Å²) in [5.41, 5.74) is 3.61. The second-order valence-corrected chi connectivity index (χ2v) is 6.30. The van der Waals surface area contributed by atoms with Crippen LogP contribution in [0.25, 0.3) is 5.57 Å². The van der Waals surface area contributed by atoms with E-state index in [0.29, 0.717) is 0 Å². The summed E-state index contributed by atoms with van der Waals surface area (Å²) >= 11 is 5.85. The molecule has 2 fully saturated rings. The van der Waals surface area contributed by atoms with E-state index in [4.69, 9.17) is 21.7 Å². The maximum Gasteiger partial charge on any atom is 0.111 e. The van der Waals surface area contributed by atoms with E-state index in [9.17, 15) is 0 Å². The van der Waals surface area contributed by atoms with Gasteiger partial charge in [-0.25, -0.2) is 0 Å². The van der Waals surface area contributed by atoms with Gasteiger partial charge in [0.2, 0.25) is 0 Å². The monoisotopic (exact) mass is 332 g/mol. The summed E-state index contributed by atoms with van der Waals surface area (Å²) in [5.74, 6) is 0.